The van der Waals surface area contributed by atoms with Crippen LogP contribution < -0.4 is 0 Å². The van der Waals surface area contributed by atoms with Gasteiger partial charge in [0, 0.05) is 27.3 Å². The SMILES string of the molecule is CC(C)(CO/C(=N/c1cccc2ccccc12)c1ccccc1)CO/C(=N/c1cccc2ccccc12)c1ccccc1. The van der Waals surface area contributed by atoms with Crippen molar-refractivity contribution in [1.82, 2.24) is 0 Å². The van der Waals surface area contributed by atoms with Crippen LogP contribution in [-0.2, 0) is 9.47 Å². The van der Waals surface area contributed by atoms with Crippen molar-refractivity contribution in [2.24, 2.45) is 15.4 Å². The summed E-state index contributed by atoms with van der Waals surface area (Å²) in [5, 5.41) is 4.45. The zero-order valence-electron chi connectivity index (χ0n) is 24.5. The van der Waals surface area contributed by atoms with Gasteiger partial charge >= 0.3 is 0 Å². The molecule has 6 aromatic carbocycles. The summed E-state index contributed by atoms with van der Waals surface area (Å²) in [7, 11) is 0. The second-order valence-electron chi connectivity index (χ2n) is 11.3. The normalized spacial score (nSPS) is 12.4. The number of nitrogens with zero attached hydrogens (tertiary/aromatic N) is 2. The van der Waals surface area contributed by atoms with Crippen LogP contribution in [0.1, 0.15) is 25.0 Å². The van der Waals surface area contributed by atoms with Gasteiger partial charge in [0.25, 0.3) is 0 Å². The molecule has 0 heterocycles. The first-order chi connectivity index (χ1) is 21.1. The molecule has 0 spiro atoms. The summed E-state index contributed by atoms with van der Waals surface area (Å²) in [6.45, 7) is 5.08. The Bertz CT molecular complexity index is 1740. The van der Waals surface area contributed by atoms with Gasteiger partial charge in [-0.3, -0.25) is 0 Å². The summed E-state index contributed by atoms with van der Waals surface area (Å²) in [5.74, 6) is 1.16. The lowest BCUT2D eigenvalue weighted by Crippen LogP contribution is -2.29. The van der Waals surface area contributed by atoms with Crippen LogP contribution in [0.25, 0.3) is 21.5 Å². The zero-order valence-corrected chi connectivity index (χ0v) is 24.5. The molecule has 0 atom stereocenters. The number of aliphatic imine (C=N–C) groups is 2. The maximum absolute atomic E-state index is 6.49. The highest BCUT2D eigenvalue weighted by Gasteiger charge is 2.23. The minimum Gasteiger partial charge on any atom is -0.477 e. The predicted octanol–water partition coefficient (Wildman–Crippen LogP) is 9.91. The smallest absolute Gasteiger partial charge is 0.221 e. The van der Waals surface area contributed by atoms with Crippen LogP contribution in [0.2, 0.25) is 0 Å². The molecule has 0 radical (unpaired) electrons. The molecule has 4 nitrogen and oxygen atoms in total. The van der Waals surface area contributed by atoms with Gasteiger partial charge in [0.1, 0.15) is 0 Å². The second-order valence-corrected chi connectivity index (χ2v) is 11.3. The zero-order chi connectivity index (χ0) is 29.5. The number of hydrogen-bond donors (Lipinski definition) is 0. The Morgan fingerprint density at radius 3 is 1.28 bits per heavy atom. The van der Waals surface area contributed by atoms with E-state index in [1.54, 1.807) is 0 Å². The lowest BCUT2D eigenvalue weighted by atomic mass is 9.96. The number of benzene rings is 6. The average molecular weight is 563 g/mol. The van der Waals surface area contributed by atoms with Crippen LogP contribution in [0.15, 0.2) is 156 Å². The Labute approximate surface area is 253 Å². The maximum Gasteiger partial charge on any atom is 0.221 e. The molecule has 0 bridgehead atoms. The van der Waals surface area contributed by atoms with Crippen LogP contribution in [-0.4, -0.2) is 25.0 Å². The molecule has 0 aromatic heterocycles. The lowest BCUT2D eigenvalue weighted by Gasteiger charge is -2.26. The van der Waals surface area contributed by atoms with Gasteiger partial charge in [-0.15, -0.1) is 0 Å². The van der Waals surface area contributed by atoms with Gasteiger partial charge in [0.15, 0.2) is 0 Å². The van der Waals surface area contributed by atoms with Crippen LogP contribution in [0.4, 0.5) is 11.4 Å². The molecule has 0 N–H and O–H groups in total. The summed E-state index contributed by atoms with van der Waals surface area (Å²) in [5.41, 5.74) is 3.26. The summed E-state index contributed by atoms with van der Waals surface area (Å²) >= 11 is 0. The molecule has 212 valence electrons. The lowest BCUT2D eigenvalue weighted by molar-refractivity contribution is 0.0994. The standard InChI is InChI=1S/C39H34N2O2/c1-39(2,27-42-37(31-17-5-3-6-18-31)40-35-25-13-21-29-15-9-11-23-33(29)35)28-43-38(32-19-7-4-8-20-32)41-36-26-14-22-30-16-10-12-24-34(30)36/h3-26H,27-28H2,1-2H3/b40-37+,41-38+. The Hall–Kier alpha value is -5.22. The van der Waals surface area contributed by atoms with E-state index >= 15 is 0 Å². The van der Waals surface area contributed by atoms with Crippen molar-refractivity contribution in [3.8, 4) is 0 Å². The van der Waals surface area contributed by atoms with Gasteiger partial charge in [0.2, 0.25) is 11.8 Å². The summed E-state index contributed by atoms with van der Waals surface area (Å²) in [6.07, 6.45) is 0. The maximum atomic E-state index is 6.49. The van der Waals surface area contributed by atoms with E-state index in [0.29, 0.717) is 25.0 Å². The molecule has 43 heavy (non-hydrogen) atoms. The van der Waals surface area contributed by atoms with E-state index in [-0.39, 0.29) is 5.41 Å². The first-order valence-electron chi connectivity index (χ1n) is 14.6. The van der Waals surface area contributed by atoms with Crippen LogP contribution in [0.5, 0.6) is 0 Å². The molecule has 0 fully saturated rings. The van der Waals surface area contributed by atoms with E-state index in [1.165, 1.54) is 0 Å². The van der Waals surface area contributed by atoms with E-state index in [9.17, 15) is 0 Å². The number of rotatable bonds is 8. The Morgan fingerprint density at radius 1 is 0.465 bits per heavy atom. The number of ether oxygens (including phenoxy) is 2. The largest absolute Gasteiger partial charge is 0.477 e. The molecule has 4 heteroatoms. The number of hydrogen-bond acceptors (Lipinski definition) is 4. The van der Waals surface area contributed by atoms with Crippen molar-refractivity contribution in [2.45, 2.75) is 13.8 Å². The van der Waals surface area contributed by atoms with Crippen molar-refractivity contribution < 1.29 is 9.47 Å². The quantitative estimate of drug-likeness (QED) is 0.137. The van der Waals surface area contributed by atoms with Crippen LogP contribution >= 0.6 is 0 Å². The molecular formula is C39H34N2O2. The Kier molecular flexibility index (Phi) is 8.28. The fourth-order valence-corrected chi connectivity index (χ4v) is 4.92. The summed E-state index contributed by atoms with van der Waals surface area (Å²) in [4.78, 5) is 10.0. The second kappa shape index (κ2) is 12.7. The van der Waals surface area contributed by atoms with Gasteiger partial charge in [-0.05, 0) is 47.2 Å². The highest BCUT2D eigenvalue weighted by Crippen LogP contribution is 2.29. The monoisotopic (exact) mass is 562 g/mol. The van der Waals surface area contributed by atoms with Crippen LogP contribution in [0.3, 0.4) is 0 Å². The van der Waals surface area contributed by atoms with Gasteiger partial charge < -0.3 is 9.47 Å². The Morgan fingerprint density at radius 2 is 0.837 bits per heavy atom. The van der Waals surface area contributed by atoms with E-state index in [0.717, 1.165) is 44.0 Å². The minimum atomic E-state index is -0.345. The highest BCUT2D eigenvalue weighted by molar-refractivity contribution is 6.01. The van der Waals surface area contributed by atoms with Crippen LogP contribution in [0, 0.1) is 5.41 Å². The molecule has 0 aliphatic heterocycles. The molecular weight excluding hydrogens is 528 g/mol. The molecule has 0 amide bonds. The van der Waals surface area contributed by atoms with Crippen molar-refractivity contribution in [3.63, 3.8) is 0 Å². The molecule has 0 saturated carbocycles. The number of fused-ring (bicyclic) bond motifs is 2. The van der Waals surface area contributed by atoms with Crippen molar-refractivity contribution in [3.05, 3.63) is 157 Å². The van der Waals surface area contributed by atoms with E-state index < -0.39 is 0 Å². The third kappa shape index (κ3) is 6.82. The van der Waals surface area contributed by atoms with E-state index in [1.807, 2.05) is 109 Å². The Balaban J connectivity index is 1.26. The van der Waals surface area contributed by atoms with E-state index in [2.05, 4.69) is 50.2 Å². The summed E-state index contributed by atoms with van der Waals surface area (Å²) < 4.78 is 13.0. The third-order valence-corrected chi connectivity index (χ3v) is 7.22. The third-order valence-electron chi connectivity index (χ3n) is 7.22. The van der Waals surface area contributed by atoms with Gasteiger partial charge in [-0.2, -0.15) is 0 Å². The van der Waals surface area contributed by atoms with Gasteiger partial charge in [-0.1, -0.05) is 123 Å². The average Bonchev–Trinajstić information content (AvgIpc) is 3.06. The fourth-order valence-electron chi connectivity index (χ4n) is 4.92. The first kappa shape index (κ1) is 27.9. The molecule has 0 aliphatic rings. The van der Waals surface area contributed by atoms with Gasteiger partial charge in [-0.25, -0.2) is 9.98 Å². The fraction of sp³-hybridized carbons (Fsp3) is 0.128. The van der Waals surface area contributed by atoms with Gasteiger partial charge in [0.05, 0.1) is 24.6 Å². The van der Waals surface area contributed by atoms with E-state index in [4.69, 9.17) is 19.5 Å². The summed E-state index contributed by atoms with van der Waals surface area (Å²) in [6, 6.07) is 49.0. The molecule has 0 saturated heterocycles. The van der Waals surface area contributed by atoms with Crippen molar-refractivity contribution in [2.75, 3.05) is 13.2 Å². The molecule has 6 aromatic rings. The van der Waals surface area contributed by atoms with Crippen molar-refractivity contribution >= 4 is 44.7 Å². The molecule has 6 rings (SSSR count). The molecule has 0 unspecified atom stereocenters. The predicted molar refractivity (Wildman–Crippen MR) is 179 cm³/mol. The topological polar surface area (TPSA) is 43.2 Å². The molecule has 0 aliphatic carbocycles. The van der Waals surface area contributed by atoms with Crippen molar-refractivity contribution in [1.29, 1.82) is 0 Å². The first-order valence-corrected chi connectivity index (χ1v) is 14.6. The minimum absolute atomic E-state index is 0.345. The highest BCUT2D eigenvalue weighted by atomic mass is 16.5.